The predicted octanol–water partition coefficient (Wildman–Crippen LogP) is 3.67. The maximum atomic E-state index is 12.7. The Morgan fingerprint density at radius 1 is 1.30 bits per heavy atom. The van der Waals surface area contributed by atoms with Crippen molar-refractivity contribution < 1.29 is 9.53 Å². The molecule has 1 atom stereocenters. The van der Waals surface area contributed by atoms with Gasteiger partial charge >= 0.3 is 0 Å². The lowest BCUT2D eigenvalue weighted by molar-refractivity contribution is -0.127. The van der Waals surface area contributed by atoms with Gasteiger partial charge in [0.05, 0.1) is 12.5 Å². The second kappa shape index (κ2) is 7.32. The van der Waals surface area contributed by atoms with Crippen LogP contribution in [0.3, 0.4) is 0 Å². The van der Waals surface area contributed by atoms with Crippen LogP contribution < -0.4 is 10.1 Å². The van der Waals surface area contributed by atoms with E-state index >= 15 is 0 Å². The Morgan fingerprint density at radius 2 is 1.95 bits per heavy atom. The van der Waals surface area contributed by atoms with Gasteiger partial charge < -0.3 is 10.1 Å². The van der Waals surface area contributed by atoms with Gasteiger partial charge in [-0.3, -0.25) is 4.79 Å². The second-order valence-electron chi connectivity index (χ2n) is 5.30. The average molecular weight is 277 g/mol. The Hall–Kier alpha value is -1.51. The summed E-state index contributed by atoms with van der Waals surface area (Å²) in [6.45, 7) is 8.26. The van der Waals surface area contributed by atoms with E-state index in [1.165, 1.54) is 0 Å². The van der Waals surface area contributed by atoms with Gasteiger partial charge in [0, 0.05) is 6.04 Å². The van der Waals surface area contributed by atoms with Crippen molar-refractivity contribution in [1.82, 2.24) is 5.32 Å². The maximum Gasteiger partial charge on any atom is 0.230 e. The molecule has 0 heterocycles. The van der Waals surface area contributed by atoms with Crippen LogP contribution in [-0.2, 0) is 10.2 Å². The molecule has 3 heteroatoms. The third kappa shape index (κ3) is 3.33. The number of hydrogen-bond donors (Lipinski definition) is 1. The van der Waals surface area contributed by atoms with Crippen LogP contribution in [-0.4, -0.2) is 19.1 Å². The number of carbonyl (C=O) groups excluding carboxylic acids is 1. The standard InChI is InChI=1S/C17H27NO2/c1-6-13(4)18-16(19)17(7-2,8-3)14-10-9-11-15(12-14)20-5/h9-13H,6-8H2,1-5H3,(H,18,19). The molecule has 1 unspecified atom stereocenters. The normalized spacial score (nSPS) is 12.8. The number of nitrogens with one attached hydrogen (secondary N) is 1. The topological polar surface area (TPSA) is 38.3 Å². The number of amides is 1. The lowest BCUT2D eigenvalue weighted by Crippen LogP contribution is -2.46. The van der Waals surface area contributed by atoms with Gasteiger partial charge in [0.15, 0.2) is 0 Å². The Bertz CT molecular complexity index is 438. The molecular weight excluding hydrogens is 250 g/mol. The van der Waals surface area contributed by atoms with Crippen molar-refractivity contribution in [2.45, 2.75) is 58.4 Å². The van der Waals surface area contributed by atoms with Crippen LogP contribution in [0.15, 0.2) is 24.3 Å². The first-order valence-electron chi connectivity index (χ1n) is 7.49. The highest BCUT2D eigenvalue weighted by Crippen LogP contribution is 2.34. The Balaban J connectivity index is 3.15. The third-order valence-corrected chi connectivity index (χ3v) is 4.25. The number of ether oxygens (including phenoxy) is 1. The fourth-order valence-electron chi connectivity index (χ4n) is 2.50. The predicted molar refractivity (Wildman–Crippen MR) is 83.1 cm³/mol. The summed E-state index contributed by atoms with van der Waals surface area (Å²) in [5.74, 6) is 0.912. The maximum absolute atomic E-state index is 12.7. The largest absolute Gasteiger partial charge is 0.497 e. The minimum absolute atomic E-state index is 0.116. The van der Waals surface area contributed by atoms with Gasteiger partial charge in [-0.25, -0.2) is 0 Å². The molecule has 1 amide bonds. The van der Waals surface area contributed by atoms with Crippen LogP contribution in [0.5, 0.6) is 5.75 Å². The molecule has 0 bridgehead atoms. The second-order valence-corrected chi connectivity index (χ2v) is 5.30. The van der Waals surface area contributed by atoms with Crippen molar-refractivity contribution in [3.63, 3.8) is 0 Å². The van der Waals surface area contributed by atoms with E-state index in [1.54, 1.807) is 7.11 Å². The van der Waals surface area contributed by atoms with Crippen LogP contribution in [0, 0.1) is 0 Å². The van der Waals surface area contributed by atoms with E-state index in [4.69, 9.17) is 4.74 Å². The average Bonchev–Trinajstić information content (AvgIpc) is 2.49. The molecule has 0 spiro atoms. The highest BCUT2D eigenvalue weighted by molar-refractivity contribution is 5.88. The minimum Gasteiger partial charge on any atom is -0.497 e. The molecule has 1 aromatic rings. The van der Waals surface area contributed by atoms with Gasteiger partial charge in [0.1, 0.15) is 5.75 Å². The summed E-state index contributed by atoms with van der Waals surface area (Å²) in [6, 6.07) is 8.05. The Morgan fingerprint density at radius 3 is 2.45 bits per heavy atom. The Kier molecular flexibility index (Phi) is 6.05. The first-order valence-corrected chi connectivity index (χ1v) is 7.49. The van der Waals surface area contributed by atoms with Gasteiger partial charge in [0.2, 0.25) is 5.91 Å². The monoisotopic (exact) mass is 277 g/mol. The van der Waals surface area contributed by atoms with Crippen LogP contribution in [0.25, 0.3) is 0 Å². The fourth-order valence-corrected chi connectivity index (χ4v) is 2.50. The highest BCUT2D eigenvalue weighted by Gasteiger charge is 2.37. The molecule has 0 radical (unpaired) electrons. The SMILES string of the molecule is CCC(C)NC(=O)C(CC)(CC)c1cccc(OC)c1. The molecule has 0 saturated carbocycles. The summed E-state index contributed by atoms with van der Waals surface area (Å²) in [5.41, 5.74) is 0.556. The third-order valence-electron chi connectivity index (χ3n) is 4.25. The summed E-state index contributed by atoms with van der Waals surface area (Å²) in [6.07, 6.45) is 2.49. The summed E-state index contributed by atoms with van der Waals surface area (Å²) < 4.78 is 5.29. The van der Waals surface area contributed by atoms with E-state index in [9.17, 15) is 4.79 Å². The molecule has 1 rings (SSSR count). The molecule has 1 N–H and O–H groups in total. The van der Waals surface area contributed by atoms with E-state index in [-0.39, 0.29) is 11.9 Å². The van der Waals surface area contributed by atoms with Crippen molar-refractivity contribution in [2.75, 3.05) is 7.11 Å². The van der Waals surface area contributed by atoms with Crippen LogP contribution in [0.4, 0.5) is 0 Å². The molecule has 1 aromatic carbocycles. The Labute approximate surface area is 122 Å². The zero-order valence-corrected chi connectivity index (χ0v) is 13.3. The van der Waals surface area contributed by atoms with Crippen LogP contribution in [0.1, 0.15) is 52.5 Å². The lowest BCUT2D eigenvalue weighted by Gasteiger charge is -2.32. The highest BCUT2D eigenvalue weighted by atomic mass is 16.5. The van der Waals surface area contributed by atoms with Gasteiger partial charge in [-0.1, -0.05) is 32.9 Å². The minimum atomic E-state index is -0.474. The molecule has 3 nitrogen and oxygen atoms in total. The first-order chi connectivity index (χ1) is 9.53. The summed E-state index contributed by atoms with van der Waals surface area (Å²) in [4.78, 5) is 12.7. The van der Waals surface area contributed by atoms with Gasteiger partial charge in [0.25, 0.3) is 0 Å². The molecule has 0 aromatic heterocycles. The zero-order chi connectivity index (χ0) is 15.2. The van der Waals surface area contributed by atoms with E-state index in [2.05, 4.69) is 26.1 Å². The molecular formula is C17H27NO2. The van der Waals surface area contributed by atoms with E-state index in [0.29, 0.717) is 0 Å². The molecule has 0 fully saturated rings. The van der Waals surface area contributed by atoms with Crippen LogP contribution in [0.2, 0.25) is 0 Å². The smallest absolute Gasteiger partial charge is 0.230 e. The van der Waals surface area contributed by atoms with Gasteiger partial charge in [-0.05, 0) is 43.9 Å². The van der Waals surface area contributed by atoms with E-state index < -0.39 is 5.41 Å². The van der Waals surface area contributed by atoms with Crippen molar-refractivity contribution in [2.24, 2.45) is 0 Å². The molecule has 0 aliphatic carbocycles. The van der Waals surface area contributed by atoms with Crippen molar-refractivity contribution in [1.29, 1.82) is 0 Å². The molecule has 0 aliphatic heterocycles. The zero-order valence-electron chi connectivity index (χ0n) is 13.3. The first kappa shape index (κ1) is 16.5. The number of hydrogen-bond acceptors (Lipinski definition) is 2. The van der Waals surface area contributed by atoms with E-state index in [1.807, 2.05) is 31.2 Å². The molecule has 20 heavy (non-hydrogen) atoms. The molecule has 0 aliphatic rings. The van der Waals surface area contributed by atoms with Gasteiger partial charge in [-0.15, -0.1) is 0 Å². The van der Waals surface area contributed by atoms with Crippen molar-refractivity contribution in [3.8, 4) is 5.75 Å². The molecule has 112 valence electrons. The number of methoxy groups -OCH3 is 1. The quantitative estimate of drug-likeness (QED) is 0.826. The van der Waals surface area contributed by atoms with E-state index in [0.717, 1.165) is 30.6 Å². The summed E-state index contributed by atoms with van der Waals surface area (Å²) >= 11 is 0. The van der Waals surface area contributed by atoms with Crippen molar-refractivity contribution in [3.05, 3.63) is 29.8 Å². The number of benzene rings is 1. The lowest BCUT2D eigenvalue weighted by atomic mass is 9.74. The summed E-state index contributed by atoms with van der Waals surface area (Å²) in [5, 5.41) is 3.13. The fraction of sp³-hybridized carbons (Fsp3) is 0.588. The molecule has 0 saturated heterocycles. The van der Waals surface area contributed by atoms with Crippen LogP contribution >= 0.6 is 0 Å². The van der Waals surface area contributed by atoms with Crippen molar-refractivity contribution >= 4 is 5.91 Å². The van der Waals surface area contributed by atoms with Gasteiger partial charge in [-0.2, -0.15) is 0 Å². The number of rotatable bonds is 7. The summed E-state index contributed by atoms with van der Waals surface area (Å²) in [7, 11) is 1.65. The number of carbonyl (C=O) groups is 1.